The summed E-state index contributed by atoms with van der Waals surface area (Å²) in [4.78, 5) is 25.1. The van der Waals surface area contributed by atoms with Crippen molar-refractivity contribution < 1.29 is 22.9 Å². The van der Waals surface area contributed by atoms with Crippen molar-refractivity contribution >= 4 is 38.7 Å². The maximum Gasteiger partial charge on any atom is 0.288 e. The number of halogens is 1. The molecular weight excluding hydrogens is 408 g/mol. The molecule has 148 valence electrons. The van der Waals surface area contributed by atoms with Crippen LogP contribution >= 0.6 is 11.6 Å². The summed E-state index contributed by atoms with van der Waals surface area (Å²) in [6.45, 7) is 0. The van der Waals surface area contributed by atoms with E-state index in [1.165, 1.54) is 24.1 Å². The van der Waals surface area contributed by atoms with Crippen LogP contribution in [-0.2, 0) is 9.84 Å². The van der Waals surface area contributed by atoms with Crippen LogP contribution in [0.25, 0.3) is 0 Å². The average molecular weight is 425 g/mol. The van der Waals surface area contributed by atoms with Gasteiger partial charge >= 0.3 is 0 Å². The van der Waals surface area contributed by atoms with Crippen molar-refractivity contribution in [3.8, 4) is 5.75 Å². The van der Waals surface area contributed by atoms with Crippen molar-refractivity contribution in [3.63, 3.8) is 0 Å². The molecule has 0 radical (unpaired) electrons. The second kappa shape index (κ2) is 7.76. The van der Waals surface area contributed by atoms with Gasteiger partial charge in [0.05, 0.1) is 29.6 Å². The number of amides is 1. The van der Waals surface area contributed by atoms with E-state index in [0.717, 1.165) is 6.07 Å². The topological polar surface area (TPSA) is 107 Å². The van der Waals surface area contributed by atoms with Crippen LogP contribution in [0.2, 0.25) is 5.02 Å². The molecule has 1 fully saturated rings. The van der Waals surface area contributed by atoms with Gasteiger partial charge < -0.3 is 9.64 Å². The van der Waals surface area contributed by atoms with Crippen molar-refractivity contribution in [3.05, 3.63) is 63.2 Å². The molecule has 0 spiro atoms. The summed E-state index contributed by atoms with van der Waals surface area (Å²) >= 11 is 5.83. The molecule has 1 heterocycles. The standard InChI is InChI=1S/C18H17ClN2O6S/c1-27-15-5-3-13(4-6-15)20(14-8-9-28(25,26)11-14)18(22)12-2-7-16(19)17(10-12)21(23)24/h2-7,10,14H,8-9,11H2,1H3/t14-/m0/s1. The van der Waals surface area contributed by atoms with Gasteiger partial charge in [-0.05, 0) is 42.8 Å². The van der Waals surface area contributed by atoms with Gasteiger partial charge in [-0.2, -0.15) is 0 Å². The van der Waals surface area contributed by atoms with Gasteiger partial charge in [0.2, 0.25) is 0 Å². The molecule has 3 rings (SSSR count). The highest BCUT2D eigenvalue weighted by molar-refractivity contribution is 7.91. The number of sulfone groups is 1. The molecule has 0 bridgehead atoms. The zero-order valence-electron chi connectivity index (χ0n) is 14.9. The Morgan fingerprint density at radius 3 is 2.46 bits per heavy atom. The Balaban J connectivity index is 2.04. The number of benzene rings is 2. The van der Waals surface area contributed by atoms with Gasteiger partial charge in [0.15, 0.2) is 9.84 Å². The summed E-state index contributed by atoms with van der Waals surface area (Å²) in [5, 5.41) is 11.1. The van der Waals surface area contributed by atoms with Crippen molar-refractivity contribution in [2.45, 2.75) is 12.5 Å². The number of rotatable bonds is 5. The maximum atomic E-state index is 13.2. The van der Waals surface area contributed by atoms with Crippen LogP contribution < -0.4 is 9.64 Å². The third kappa shape index (κ3) is 4.10. The van der Waals surface area contributed by atoms with Crippen LogP contribution in [0.3, 0.4) is 0 Å². The molecule has 1 saturated heterocycles. The second-order valence-electron chi connectivity index (χ2n) is 6.35. The lowest BCUT2D eigenvalue weighted by atomic mass is 10.1. The van der Waals surface area contributed by atoms with Crippen molar-refractivity contribution in [2.75, 3.05) is 23.5 Å². The van der Waals surface area contributed by atoms with E-state index in [2.05, 4.69) is 0 Å². The van der Waals surface area contributed by atoms with Crippen LogP contribution in [0.4, 0.5) is 11.4 Å². The fourth-order valence-electron chi connectivity index (χ4n) is 3.14. The van der Waals surface area contributed by atoms with Crippen LogP contribution in [0.1, 0.15) is 16.8 Å². The number of carbonyl (C=O) groups is 1. The van der Waals surface area contributed by atoms with E-state index in [9.17, 15) is 23.3 Å². The highest BCUT2D eigenvalue weighted by atomic mass is 35.5. The van der Waals surface area contributed by atoms with Gasteiger partial charge in [0.25, 0.3) is 11.6 Å². The quantitative estimate of drug-likeness (QED) is 0.539. The summed E-state index contributed by atoms with van der Waals surface area (Å²) in [6, 6.07) is 9.80. The number of nitrogens with zero attached hydrogens (tertiary/aromatic N) is 2. The van der Waals surface area contributed by atoms with E-state index in [0.29, 0.717) is 11.4 Å². The van der Waals surface area contributed by atoms with Gasteiger partial charge in [-0.15, -0.1) is 0 Å². The Morgan fingerprint density at radius 2 is 1.93 bits per heavy atom. The number of ether oxygens (including phenoxy) is 1. The van der Waals surface area contributed by atoms with E-state index < -0.39 is 26.7 Å². The van der Waals surface area contributed by atoms with Gasteiger partial charge in [0.1, 0.15) is 10.8 Å². The molecule has 0 saturated carbocycles. The number of nitro benzene ring substituents is 1. The first-order valence-corrected chi connectivity index (χ1v) is 10.5. The minimum atomic E-state index is -3.25. The summed E-state index contributed by atoms with van der Waals surface area (Å²) in [6.07, 6.45) is 0.287. The molecule has 1 aliphatic rings. The Morgan fingerprint density at radius 1 is 1.25 bits per heavy atom. The second-order valence-corrected chi connectivity index (χ2v) is 8.99. The van der Waals surface area contributed by atoms with E-state index in [1.54, 1.807) is 24.3 Å². The first-order valence-electron chi connectivity index (χ1n) is 8.34. The Labute approximate surface area is 166 Å². The highest BCUT2D eigenvalue weighted by Gasteiger charge is 2.36. The normalized spacial score (nSPS) is 17.9. The lowest BCUT2D eigenvalue weighted by molar-refractivity contribution is -0.384. The SMILES string of the molecule is COc1ccc(N(C(=O)c2ccc(Cl)c([N+](=O)[O-])c2)[C@H]2CCS(=O)(=O)C2)cc1. The Kier molecular flexibility index (Phi) is 5.57. The highest BCUT2D eigenvalue weighted by Crippen LogP contribution is 2.30. The molecule has 0 aromatic heterocycles. The monoisotopic (exact) mass is 424 g/mol. The smallest absolute Gasteiger partial charge is 0.288 e. The molecule has 1 amide bonds. The molecule has 8 nitrogen and oxygen atoms in total. The van der Waals surface area contributed by atoms with Crippen LogP contribution in [-0.4, -0.2) is 43.9 Å². The average Bonchev–Trinajstić information content (AvgIpc) is 3.02. The first kappa shape index (κ1) is 20.1. The van der Waals surface area contributed by atoms with E-state index >= 15 is 0 Å². The molecule has 10 heteroatoms. The molecule has 0 unspecified atom stereocenters. The molecule has 2 aromatic rings. The van der Waals surface area contributed by atoms with E-state index in [1.807, 2.05) is 0 Å². The summed E-state index contributed by atoms with van der Waals surface area (Å²) in [7, 11) is -1.75. The molecule has 1 atom stereocenters. The third-order valence-corrected chi connectivity index (χ3v) is 6.60. The third-order valence-electron chi connectivity index (χ3n) is 4.53. The lowest BCUT2D eigenvalue weighted by Crippen LogP contribution is -2.41. The Hall–Kier alpha value is -2.65. The predicted octanol–water partition coefficient (Wildman–Crippen LogP) is 3.09. The van der Waals surface area contributed by atoms with Gasteiger partial charge in [-0.3, -0.25) is 14.9 Å². The zero-order valence-corrected chi connectivity index (χ0v) is 16.4. The molecule has 1 aliphatic heterocycles. The van der Waals surface area contributed by atoms with Crippen LogP contribution in [0.5, 0.6) is 5.75 Å². The van der Waals surface area contributed by atoms with E-state index in [-0.39, 0.29) is 34.2 Å². The number of hydrogen-bond donors (Lipinski definition) is 0. The summed E-state index contributed by atoms with van der Waals surface area (Å²) in [5.41, 5.74) is 0.142. The van der Waals surface area contributed by atoms with Crippen molar-refractivity contribution in [1.82, 2.24) is 0 Å². The number of nitro groups is 1. The van der Waals surface area contributed by atoms with Crippen LogP contribution in [0.15, 0.2) is 42.5 Å². The minimum absolute atomic E-state index is 0.0155. The number of carbonyl (C=O) groups excluding carboxylic acids is 1. The largest absolute Gasteiger partial charge is 0.497 e. The van der Waals surface area contributed by atoms with E-state index in [4.69, 9.17) is 16.3 Å². The molecule has 0 aliphatic carbocycles. The number of methoxy groups -OCH3 is 1. The molecule has 2 aromatic carbocycles. The fraction of sp³-hybridized carbons (Fsp3) is 0.278. The minimum Gasteiger partial charge on any atom is -0.497 e. The molecule has 28 heavy (non-hydrogen) atoms. The van der Waals surface area contributed by atoms with Gasteiger partial charge in [-0.25, -0.2) is 8.42 Å². The lowest BCUT2D eigenvalue weighted by Gasteiger charge is -2.28. The summed E-state index contributed by atoms with van der Waals surface area (Å²) < 4.78 is 29.0. The fourth-order valence-corrected chi connectivity index (χ4v) is 5.03. The van der Waals surface area contributed by atoms with Crippen molar-refractivity contribution in [1.29, 1.82) is 0 Å². The molecular formula is C18H17ClN2O6S. The van der Waals surface area contributed by atoms with Gasteiger partial charge in [-0.1, -0.05) is 11.6 Å². The zero-order chi connectivity index (χ0) is 20.5. The number of hydrogen-bond acceptors (Lipinski definition) is 6. The molecule has 0 N–H and O–H groups in total. The number of anilines is 1. The van der Waals surface area contributed by atoms with Crippen LogP contribution in [0, 0.1) is 10.1 Å². The van der Waals surface area contributed by atoms with Gasteiger partial charge in [0, 0.05) is 17.3 Å². The van der Waals surface area contributed by atoms with Crippen molar-refractivity contribution in [2.24, 2.45) is 0 Å². The summed E-state index contributed by atoms with van der Waals surface area (Å²) in [5.74, 6) is -0.136. The maximum absolute atomic E-state index is 13.2. The Bertz CT molecular complexity index is 1020. The predicted molar refractivity (Wildman–Crippen MR) is 105 cm³/mol. The first-order chi connectivity index (χ1) is 13.2.